The number of hydrogen-bond donors (Lipinski definition) is 1. The summed E-state index contributed by atoms with van der Waals surface area (Å²) in [5.41, 5.74) is 2.81. The van der Waals surface area contributed by atoms with Crippen LogP contribution in [0.25, 0.3) is 0 Å². The van der Waals surface area contributed by atoms with Crippen molar-refractivity contribution in [1.29, 1.82) is 0 Å². The van der Waals surface area contributed by atoms with Crippen molar-refractivity contribution in [2.75, 3.05) is 21.3 Å². The van der Waals surface area contributed by atoms with Crippen LogP contribution in [-0.4, -0.2) is 60.7 Å². The zero-order chi connectivity index (χ0) is 17.0. The predicted molar refractivity (Wildman–Crippen MR) is 104 cm³/mol. The van der Waals surface area contributed by atoms with Crippen LogP contribution in [0.2, 0.25) is 63.7 Å². The lowest BCUT2D eigenvalue weighted by atomic mass is 11.7. The first kappa shape index (κ1) is 25.7. The number of hydrogen-bond acceptors (Lipinski definition) is 3. The molecule has 0 rings (SSSR count). The Hall–Kier alpha value is 0.748. The molecule has 0 saturated heterocycles. The maximum Gasteiger partial charge on any atom is 0.185 e. The van der Waals surface area contributed by atoms with Crippen molar-refractivity contribution < 1.29 is 14.0 Å². The fourth-order valence-electron chi connectivity index (χ4n) is 2.11. The van der Waals surface area contributed by atoms with E-state index in [-0.39, 0.29) is 17.6 Å². The van der Waals surface area contributed by atoms with Crippen molar-refractivity contribution in [3.8, 4) is 0 Å². The summed E-state index contributed by atoms with van der Waals surface area (Å²) in [5.74, 6) is 0. The van der Waals surface area contributed by atoms with Crippen molar-refractivity contribution in [1.82, 2.24) is 0 Å². The monoisotopic (exact) mass is 356 g/mol. The van der Waals surface area contributed by atoms with Crippen LogP contribution in [0, 0.1) is 0 Å². The smallest absolute Gasteiger partial charge is 0.185 e. The van der Waals surface area contributed by atoms with E-state index in [0.29, 0.717) is 0 Å². The maximum absolute atomic E-state index is 7.00. The highest BCUT2D eigenvalue weighted by atomic mass is 28.4. The molecule has 20 heavy (non-hydrogen) atoms. The van der Waals surface area contributed by atoms with Gasteiger partial charge in [0.05, 0.1) is 0 Å². The van der Waals surface area contributed by atoms with Gasteiger partial charge in [-0.2, -0.15) is 0 Å². The summed E-state index contributed by atoms with van der Waals surface area (Å²) in [6.07, 6.45) is 0. The van der Waals surface area contributed by atoms with Crippen molar-refractivity contribution in [3.05, 3.63) is 0 Å². The zero-order valence-corrected chi connectivity index (χ0v) is 20.1. The van der Waals surface area contributed by atoms with E-state index in [4.69, 9.17) is 14.0 Å². The maximum atomic E-state index is 7.00. The molecule has 0 atom stereocenters. The van der Waals surface area contributed by atoms with Crippen LogP contribution in [0.1, 0.15) is 0 Å². The quantitative estimate of drug-likeness (QED) is 0.742. The third kappa shape index (κ3) is 21.1. The van der Waals surface area contributed by atoms with E-state index in [1.165, 1.54) is 5.67 Å². The second-order valence-corrected chi connectivity index (χ2v) is 23.9. The lowest BCUT2D eigenvalue weighted by molar-refractivity contribution is 0.388. The minimum atomic E-state index is -1.40. The van der Waals surface area contributed by atoms with E-state index in [9.17, 15) is 0 Å². The van der Waals surface area contributed by atoms with E-state index in [0.717, 1.165) is 7.11 Å². The molecule has 1 N–H and O–H groups in total. The molecular formula is C13H40O3Si4. The van der Waals surface area contributed by atoms with Crippen LogP contribution >= 0.6 is 0 Å². The standard InChI is InChI=1S/C7H20O2Si2.C5H16Si2.CH4O/c1-8-10(3,4)7-11(5,6)9-2;1-6(2)5-7(3)4;1-2/h7H2,1-6H3;6-7H,5H2,1-4H3;2H,1H3. The van der Waals surface area contributed by atoms with Gasteiger partial charge in [-0.05, 0) is 31.9 Å². The van der Waals surface area contributed by atoms with Gasteiger partial charge in [-0.3, -0.25) is 0 Å². The van der Waals surface area contributed by atoms with Crippen LogP contribution in [0.15, 0.2) is 0 Å². The van der Waals surface area contributed by atoms with Gasteiger partial charge in [0, 0.05) is 38.9 Å². The summed E-state index contributed by atoms with van der Waals surface area (Å²) in [5, 5.41) is 7.00. The first-order valence-corrected chi connectivity index (χ1v) is 20.0. The van der Waals surface area contributed by atoms with Crippen LogP contribution < -0.4 is 0 Å². The molecule has 0 aromatic heterocycles. The number of rotatable bonds is 6. The van der Waals surface area contributed by atoms with Gasteiger partial charge >= 0.3 is 0 Å². The molecule has 126 valence electrons. The Kier molecular flexibility index (Phi) is 17.2. The highest BCUT2D eigenvalue weighted by molar-refractivity contribution is 6.89. The Morgan fingerprint density at radius 1 is 0.750 bits per heavy atom. The second-order valence-electron chi connectivity index (χ2n) is 7.13. The molecule has 0 aliphatic rings. The third-order valence-corrected chi connectivity index (χ3v) is 19.5. The first-order valence-electron chi connectivity index (χ1n) is 7.50. The highest BCUT2D eigenvalue weighted by Crippen LogP contribution is 2.20. The van der Waals surface area contributed by atoms with Crippen LogP contribution in [-0.2, 0) is 8.85 Å². The summed E-state index contributed by atoms with van der Waals surface area (Å²) in [6.45, 7) is 18.7. The van der Waals surface area contributed by atoms with Gasteiger partial charge < -0.3 is 14.0 Å². The van der Waals surface area contributed by atoms with E-state index in [2.05, 4.69) is 52.4 Å². The molecule has 0 aliphatic carbocycles. The molecule has 0 aliphatic heterocycles. The van der Waals surface area contributed by atoms with Crippen molar-refractivity contribution in [2.45, 2.75) is 63.7 Å². The summed E-state index contributed by atoms with van der Waals surface area (Å²) in [7, 11) is 1.50. The Bertz CT molecular complexity index is 190. The average molecular weight is 357 g/mol. The lowest BCUT2D eigenvalue weighted by Gasteiger charge is -2.28. The van der Waals surface area contributed by atoms with E-state index in [1.807, 2.05) is 14.2 Å². The van der Waals surface area contributed by atoms with E-state index < -0.39 is 16.6 Å². The normalized spacial score (nSPS) is 11.7. The van der Waals surface area contributed by atoms with Gasteiger partial charge in [-0.15, -0.1) is 0 Å². The Morgan fingerprint density at radius 3 is 1.10 bits per heavy atom. The first-order chi connectivity index (χ1) is 8.95. The third-order valence-electron chi connectivity index (χ3n) is 2.90. The fourth-order valence-corrected chi connectivity index (χ4v) is 19.0. The second kappa shape index (κ2) is 13.4. The number of aliphatic hydroxyl groups excluding tert-OH is 1. The largest absolute Gasteiger partial charge is 0.421 e. The highest BCUT2D eigenvalue weighted by Gasteiger charge is 2.33. The molecule has 0 saturated carbocycles. The lowest BCUT2D eigenvalue weighted by Crippen LogP contribution is -2.42. The molecule has 0 amide bonds. The summed E-state index contributed by atoms with van der Waals surface area (Å²) >= 11 is 0. The molecule has 0 radical (unpaired) electrons. The van der Waals surface area contributed by atoms with Crippen LogP contribution in [0.5, 0.6) is 0 Å². The van der Waals surface area contributed by atoms with Crippen LogP contribution in [0.4, 0.5) is 0 Å². The van der Waals surface area contributed by atoms with Crippen molar-refractivity contribution in [3.63, 3.8) is 0 Å². The summed E-state index contributed by atoms with van der Waals surface area (Å²) in [6, 6.07) is 0. The predicted octanol–water partition coefficient (Wildman–Crippen LogP) is 3.34. The zero-order valence-electron chi connectivity index (χ0n) is 15.8. The molecule has 7 heteroatoms. The topological polar surface area (TPSA) is 38.7 Å². The minimum absolute atomic E-state index is 0.167. The van der Waals surface area contributed by atoms with Crippen molar-refractivity contribution in [2.24, 2.45) is 0 Å². The van der Waals surface area contributed by atoms with E-state index in [1.54, 1.807) is 5.67 Å². The Morgan fingerprint density at radius 2 is 1.00 bits per heavy atom. The molecule has 0 unspecified atom stereocenters. The minimum Gasteiger partial charge on any atom is -0.421 e. The van der Waals surface area contributed by atoms with Gasteiger partial charge in [0.2, 0.25) is 0 Å². The molecular weight excluding hydrogens is 316 g/mol. The molecule has 0 aromatic carbocycles. The fraction of sp³-hybridized carbons (Fsp3) is 1.00. The summed E-state index contributed by atoms with van der Waals surface area (Å²) < 4.78 is 10.9. The van der Waals surface area contributed by atoms with Gasteiger partial charge in [-0.25, -0.2) is 0 Å². The summed E-state index contributed by atoms with van der Waals surface area (Å²) in [4.78, 5) is 0. The van der Waals surface area contributed by atoms with Crippen LogP contribution in [0.3, 0.4) is 0 Å². The van der Waals surface area contributed by atoms with Gasteiger partial charge in [0.25, 0.3) is 0 Å². The molecule has 0 aromatic rings. The van der Waals surface area contributed by atoms with E-state index >= 15 is 0 Å². The molecule has 0 fully saturated rings. The average Bonchev–Trinajstić information content (AvgIpc) is 2.29. The molecule has 3 nitrogen and oxygen atoms in total. The molecule has 0 spiro atoms. The Balaban J connectivity index is -0.000000277. The molecule has 0 heterocycles. The van der Waals surface area contributed by atoms with Gasteiger partial charge in [0.1, 0.15) is 0 Å². The number of aliphatic hydroxyl groups is 1. The Labute approximate surface area is 133 Å². The SMILES string of the molecule is CO.CO[Si](C)(C)C[Si](C)(C)OC.C[SiH](C)C[SiH](C)C. The van der Waals surface area contributed by atoms with Gasteiger partial charge in [-0.1, -0.05) is 31.9 Å². The van der Waals surface area contributed by atoms with Gasteiger partial charge in [0.15, 0.2) is 16.6 Å². The van der Waals surface area contributed by atoms with Crippen molar-refractivity contribution >= 4 is 34.2 Å². The molecule has 0 bridgehead atoms.